The lowest BCUT2D eigenvalue weighted by molar-refractivity contribution is -0.119. The predicted molar refractivity (Wildman–Crippen MR) is 79.2 cm³/mol. The van der Waals surface area contributed by atoms with Gasteiger partial charge in [0.2, 0.25) is 5.91 Å². The Hall–Kier alpha value is -2.18. The van der Waals surface area contributed by atoms with E-state index in [1.54, 1.807) is 30.3 Å². The molecule has 2 rings (SSSR count). The van der Waals surface area contributed by atoms with Gasteiger partial charge in [-0.2, -0.15) is 0 Å². The molecule has 0 saturated carbocycles. The summed E-state index contributed by atoms with van der Waals surface area (Å²) in [5, 5.41) is 7.30. The first kappa shape index (κ1) is 14.2. The predicted octanol–water partition coefficient (Wildman–Crippen LogP) is 2.59. The SMILES string of the molecule is COCC(=O)Nc1ccccc1NC(=O)c1cccs1. The van der Waals surface area contributed by atoms with Crippen molar-refractivity contribution in [2.24, 2.45) is 0 Å². The van der Waals surface area contributed by atoms with Crippen LogP contribution < -0.4 is 10.6 Å². The van der Waals surface area contributed by atoms with E-state index in [-0.39, 0.29) is 18.4 Å². The van der Waals surface area contributed by atoms with Crippen molar-refractivity contribution in [3.63, 3.8) is 0 Å². The zero-order valence-corrected chi connectivity index (χ0v) is 11.7. The van der Waals surface area contributed by atoms with Crippen molar-refractivity contribution in [3.05, 3.63) is 46.7 Å². The number of benzene rings is 1. The van der Waals surface area contributed by atoms with Crippen LogP contribution in [0, 0.1) is 0 Å². The van der Waals surface area contributed by atoms with Gasteiger partial charge in [0, 0.05) is 7.11 Å². The summed E-state index contributed by atoms with van der Waals surface area (Å²) in [6.07, 6.45) is 0. The van der Waals surface area contributed by atoms with Crippen molar-refractivity contribution in [3.8, 4) is 0 Å². The maximum Gasteiger partial charge on any atom is 0.265 e. The maximum atomic E-state index is 12.0. The van der Waals surface area contributed by atoms with Gasteiger partial charge >= 0.3 is 0 Å². The van der Waals surface area contributed by atoms with E-state index < -0.39 is 0 Å². The Labute approximate surface area is 120 Å². The van der Waals surface area contributed by atoms with Crippen molar-refractivity contribution >= 4 is 34.5 Å². The van der Waals surface area contributed by atoms with Crippen LogP contribution in [0.5, 0.6) is 0 Å². The van der Waals surface area contributed by atoms with E-state index in [9.17, 15) is 9.59 Å². The molecule has 0 fully saturated rings. The Morgan fingerprint density at radius 2 is 1.80 bits per heavy atom. The second kappa shape index (κ2) is 6.83. The molecule has 20 heavy (non-hydrogen) atoms. The number of thiophene rings is 1. The van der Waals surface area contributed by atoms with E-state index in [4.69, 9.17) is 4.74 Å². The minimum atomic E-state index is -0.273. The lowest BCUT2D eigenvalue weighted by Crippen LogP contribution is -2.19. The van der Waals surface area contributed by atoms with E-state index in [1.165, 1.54) is 18.4 Å². The van der Waals surface area contributed by atoms with E-state index in [0.29, 0.717) is 16.3 Å². The monoisotopic (exact) mass is 290 g/mol. The topological polar surface area (TPSA) is 67.4 Å². The first-order chi connectivity index (χ1) is 9.70. The molecule has 0 aliphatic heterocycles. The lowest BCUT2D eigenvalue weighted by atomic mass is 10.2. The summed E-state index contributed by atoms with van der Waals surface area (Å²) in [6, 6.07) is 10.6. The highest BCUT2D eigenvalue weighted by atomic mass is 32.1. The number of amides is 2. The zero-order chi connectivity index (χ0) is 14.4. The minimum absolute atomic E-state index is 0.0345. The normalized spacial score (nSPS) is 10.1. The second-order valence-electron chi connectivity index (χ2n) is 3.96. The number of ether oxygens (including phenoxy) is 1. The van der Waals surface area contributed by atoms with Crippen LogP contribution in [-0.2, 0) is 9.53 Å². The molecule has 1 heterocycles. The second-order valence-corrected chi connectivity index (χ2v) is 4.91. The number of para-hydroxylation sites is 2. The lowest BCUT2D eigenvalue weighted by Gasteiger charge is -2.11. The summed E-state index contributed by atoms with van der Waals surface area (Å²) >= 11 is 1.36. The fourth-order valence-electron chi connectivity index (χ4n) is 1.61. The molecular formula is C14H14N2O3S. The number of carbonyl (C=O) groups excluding carboxylic acids is 2. The summed E-state index contributed by atoms with van der Waals surface area (Å²) in [6.45, 7) is -0.0345. The van der Waals surface area contributed by atoms with Crippen LogP contribution in [0.3, 0.4) is 0 Å². The highest BCUT2D eigenvalue weighted by molar-refractivity contribution is 7.12. The number of hydrogen-bond donors (Lipinski definition) is 2. The maximum absolute atomic E-state index is 12.0. The molecule has 2 aromatic rings. The Balaban J connectivity index is 2.11. The highest BCUT2D eigenvalue weighted by Gasteiger charge is 2.11. The third kappa shape index (κ3) is 3.66. The van der Waals surface area contributed by atoms with Gasteiger partial charge in [-0.1, -0.05) is 18.2 Å². The third-order valence-electron chi connectivity index (χ3n) is 2.47. The van der Waals surface area contributed by atoms with Crippen LogP contribution in [0.25, 0.3) is 0 Å². The summed E-state index contributed by atoms with van der Waals surface area (Å²) in [7, 11) is 1.45. The van der Waals surface area contributed by atoms with Crippen LogP contribution in [-0.4, -0.2) is 25.5 Å². The molecule has 5 nitrogen and oxygen atoms in total. The zero-order valence-electron chi connectivity index (χ0n) is 10.9. The van der Waals surface area contributed by atoms with Gasteiger partial charge in [-0.3, -0.25) is 9.59 Å². The molecule has 0 bridgehead atoms. The Morgan fingerprint density at radius 1 is 1.10 bits per heavy atom. The largest absolute Gasteiger partial charge is 0.375 e. The van der Waals surface area contributed by atoms with E-state index in [1.807, 2.05) is 11.4 Å². The van der Waals surface area contributed by atoms with Gasteiger partial charge in [-0.15, -0.1) is 11.3 Å². The Bertz CT molecular complexity index is 596. The molecular weight excluding hydrogens is 276 g/mol. The van der Waals surface area contributed by atoms with Gasteiger partial charge in [0.15, 0.2) is 0 Å². The minimum Gasteiger partial charge on any atom is -0.375 e. The first-order valence-corrected chi connectivity index (χ1v) is 6.81. The number of hydrogen-bond acceptors (Lipinski definition) is 4. The fraction of sp³-hybridized carbons (Fsp3) is 0.143. The molecule has 1 aromatic carbocycles. The van der Waals surface area contributed by atoms with Crippen LogP contribution in [0.1, 0.15) is 9.67 Å². The molecule has 0 aliphatic carbocycles. The summed E-state index contributed by atoms with van der Waals surface area (Å²) < 4.78 is 4.76. The van der Waals surface area contributed by atoms with Crippen molar-refractivity contribution in [2.45, 2.75) is 0 Å². The summed E-state index contributed by atoms with van der Waals surface area (Å²) in [4.78, 5) is 24.1. The van der Waals surface area contributed by atoms with E-state index in [0.717, 1.165) is 0 Å². The van der Waals surface area contributed by atoms with Crippen LogP contribution in [0.2, 0.25) is 0 Å². The fourth-order valence-corrected chi connectivity index (χ4v) is 2.23. The van der Waals surface area contributed by atoms with Crippen LogP contribution in [0.4, 0.5) is 11.4 Å². The smallest absolute Gasteiger partial charge is 0.265 e. The van der Waals surface area contributed by atoms with Gasteiger partial charge in [0.1, 0.15) is 6.61 Å². The molecule has 0 spiro atoms. The molecule has 0 unspecified atom stereocenters. The molecule has 2 N–H and O–H groups in total. The number of methoxy groups -OCH3 is 1. The van der Waals surface area contributed by atoms with Gasteiger partial charge in [0.25, 0.3) is 5.91 Å². The van der Waals surface area contributed by atoms with Crippen molar-refractivity contribution in [2.75, 3.05) is 24.4 Å². The molecule has 0 radical (unpaired) electrons. The summed E-state index contributed by atoms with van der Waals surface area (Å²) in [5.41, 5.74) is 1.09. The quantitative estimate of drug-likeness (QED) is 0.889. The highest BCUT2D eigenvalue weighted by Crippen LogP contribution is 2.22. The van der Waals surface area contributed by atoms with Gasteiger partial charge in [-0.25, -0.2) is 0 Å². The van der Waals surface area contributed by atoms with Crippen molar-refractivity contribution in [1.29, 1.82) is 0 Å². The van der Waals surface area contributed by atoms with Gasteiger partial charge < -0.3 is 15.4 Å². The number of rotatable bonds is 5. The van der Waals surface area contributed by atoms with Crippen molar-refractivity contribution < 1.29 is 14.3 Å². The summed E-state index contributed by atoms with van der Waals surface area (Å²) in [5.74, 6) is -0.473. The van der Waals surface area contributed by atoms with E-state index in [2.05, 4.69) is 10.6 Å². The number of anilines is 2. The third-order valence-corrected chi connectivity index (χ3v) is 3.34. The molecule has 0 aliphatic rings. The Morgan fingerprint density at radius 3 is 2.40 bits per heavy atom. The van der Waals surface area contributed by atoms with Gasteiger partial charge in [-0.05, 0) is 23.6 Å². The molecule has 1 aromatic heterocycles. The van der Waals surface area contributed by atoms with Crippen LogP contribution in [0.15, 0.2) is 41.8 Å². The van der Waals surface area contributed by atoms with Gasteiger partial charge in [0.05, 0.1) is 16.3 Å². The molecule has 104 valence electrons. The average molecular weight is 290 g/mol. The van der Waals surface area contributed by atoms with E-state index >= 15 is 0 Å². The molecule has 6 heteroatoms. The number of nitrogens with one attached hydrogen (secondary N) is 2. The first-order valence-electron chi connectivity index (χ1n) is 5.93. The molecule has 2 amide bonds. The number of carbonyl (C=O) groups is 2. The molecule has 0 atom stereocenters. The Kier molecular flexibility index (Phi) is 4.86. The van der Waals surface area contributed by atoms with Crippen LogP contribution >= 0.6 is 11.3 Å². The standard InChI is InChI=1S/C14H14N2O3S/c1-19-9-13(17)15-10-5-2-3-6-11(10)16-14(18)12-7-4-8-20-12/h2-8H,9H2,1H3,(H,15,17)(H,16,18). The molecule has 0 saturated heterocycles. The van der Waals surface area contributed by atoms with Crippen molar-refractivity contribution in [1.82, 2.24) is 0 Å². The average Bonchev–Trinajstić information content (AvgIpc) is 2.95.